The van der Waals surface area contributed by atoms with Gasteiger partial charge in [-0.3, -0.25) is 4.79 Å². The molecule has 2 aromatic rings. The zero-order valence-electron chi connectivity index (χ0n) is 17.7. The molecule has 31 heavy (non-hydrogen) atoms. The lowest BCUT2D eigenvalue weighted by molar-refractivity contribution is -0.136. The molecule has 7 heteroatoms. The molecule has 160 valence electrons. The molecule has 0 aliphatic rings. The molecule has 0 spiro atoms. The van der Waals surface area contributed by atoms with E-state index in [4.69, 9.17) is 14.2 Å². The molecule has 2 aromatic carbocycles. The number of hydrogen-bond donors (Lipinski definition) is 1. The third-order valence-electron chi connectivity index (χ3n) is 4.18. The maximum Gasteiger partial charge on any atom is 0.349 e. The second-order valence-electron chi connectivity index (χ2n) is 6.61. The van der Waals surface area contributed by atoms with Crippen molar-refractivity contribution >= 4 is 18.0 Å². The Morgan fingerprint density at radius 2 is 1.90 bits per heavy atom. The van der Waals surface area contributed by atoms with Gasteiger partial charge in [-0.25, -0.2) is 4.79 Å². The van der Waals surface area contributed by atoms with Crippen LogP contribution in [0.5, 0.6) is 17.2 Å². The van der Waals surface area contributed by atoms with Crippen molar-refractivity contribution in [1.29, 1.82) is 5.26 Å². The number of methoxy groups -OCH3 is 1. The lowest BCUT2D eigenvalue weighted by Gasteiger charge is -2.12. The van der Waals surface area contributed by atoms with E-state index >= 15 is 0 Å². The van der Waals surface area contributed by atoms with Crippen LogP contribution in [0.4, 0.5) is 0 Å². The van der Waals surface area contributed by atoms with E-state index in [1.165, 1.54) is 25.3 Å². The van der Waals surface area contributed by atoms with Crippen LogP contribution < -0.4 is 19.5 Å². The first-order valence-corrected chi connectivity index (χ1v) is 9.47. The Labute approximate surface area is 181 Å². The first-order chi connectivity index (χ1) is 14.9. The molecule has 0 saturated carbocycles. The van der Waals surface area contributed by atoms with Gasteiger partial charge in [0.1, 0.15) is 17.4 Å². The van der Waals surface area contributed by atoms with Gasteiger partial charge in [0.2, 0.25) is 0 Å². The van der Waals surface area contributed by atoms with Crippen molar-refractivity contribution in [3.63, 3.8) is 0 Å². The van der Waals surface area contributed by atoms with Crippen molar-refractivity contribution in [2.24, 2.45) is 0 Å². The number of nitrogens with zero attached hydrogens (tertiary/aromatic N) is 1. The van der Waals surface area contributed by atoms with Gasteiger partial charge in [0.15, 0.2) is 18.1 Å². The van der Waals surface area contributed by atoms with E-state index in [1.807, 2.05) is 38.1 Å². The lowest BCUT2D eigenvalue weighted by atomic mass is 10.1. The van der Waals surface area contributed by atoms with Crippen molar-refractivity contribution in [2.75, 3.05) is 20.3 Å². The van der Waals surface area contributed by atoms with Gasteiger partial charge >= 0.3 is 5.97 Å². The van der Waals surface area contributed by atoms with E-state index < -0.39 is 11.9 Å². The number of ether oxygens (including phenoxy) is 3. The highest BCUT2D eigenvalue weighted by atomic mass is 16.6. The van der Waals surface area contributed by atoms with Gasteiger partial charge in [-0.15, -0.1) is 6.58 Å². The summed E-state index contributed by atoms with van der Waals surface area (Å²) in [6, 6.07) is 12.3. The Morgan fingerprint density at radius 1 is 1.13 bits per heavy atom. The number of amides is 1. The van der Waals surface area contributed by atoms with Crippen molar-refractivity contribution in [2.45, 2.75) is 13.8 Å². The molecule has 0 saturated heterocycles. The highest BCUT2D eigenvalue weighted by molar-refractivity contribution is 6.01. The first-order valence-electron chi connectivity index (χ1n) is 9.47. The third kappa shape index (κ3) is 6.75. The van der Waals surface area contributed by atoms with Crippen molar-refractivity contribution in [3.8, 4) is 23.3 Å². The Morgan fingerprint density at radius 3 is 2.58 bits per heavy atom. The molecule has 0 atom stereocenters. The maximum atomic E-state index is 12.2. The minimum absolute atomic E-state index is 0.0735. The number of nitriles is 1. The minimum atomic E-state index is -0.594. The normalized spacial score (nSPS) is 10.6. The average molecular weight is 420 g/mol. The van der Waals surface area contributed by atoms with Crippen LogP contribution in [0.25, 0.3) is 6.08 Å². The summed E-state index contributed by atoms with van der Waals surface area (Å²) in [7, 11) is 1.43. The van der Waals surface area contributed by atoms with Gasteiger partial charge in [-0.1, -0.05) is 24.3 Å². The molecule has 0 heterocycles. The van der Waals surface area contributed by atoms with Crippen LogP contribution >= 0.6 is 0 Å². The molecular weight excluding hydrogens is 396 g/mol. The van der Waals surface area contributed by atoms with E-state index in [1.54, 1.807) is 12.1 Å². The quantitative estimate of drug-likeness (QED) is 0.219. The molecule has 1 N–H and O–H groups in total. The lowest BCUT2D eigenvalue weighted by Crippen LogP contribution is -2.24. The Balaban J connectivity index is 2.10. The Bertz CT molecular complexity index is 1050. The monoisotopic (exact) mass is 420 g/mol. The zero-order valence-corrected chi connectivity index (χ0v) is 17.7. The van der Waals surface area contributed by atoms with E-state index in [2.05, 4.69) is 11.9 Å². The molecular formula is C24H24N2O5. The fraction of sp³-hybridized carbons (Fsp3) is 0.208. The molecule has 0 bridgehead atoms. The maximum absolute atomic E-state index is 12.2. The van der Waals surface area contributed by atoms with Gasteiger partial charge in [-0.05, 0) is 54.8 Å². The van der Waals surface area contributed by atoms with Crippen LogP contribution in [-0.2, 0) is 9.59 Å². The SMILES string of the molecule is C=CCNC(=O)/C(C#N)=C/c1ccc(OC(=O)COc2cc(C)ccc2C)c(OC)c1. The second kappa shape index (κ2) is 11.2. The number of esters is 1. The summed E-state index contributed by atoms with van der Waals surface area (Å²) in [5, 5.41) is 11.8. The molecule has 0 unspecified atom stereocenters. The van der Waals surface area contributed by atoms with Crippen LogP contribution in [0.2, 0.25) is 0 Å². The second-order valence-corrected chi connectivity index (χ2v) is 6.61. The van der Waals surface area contributed by atoms with Crippen molar-refractivity contribution in [3.05, 3.63) is 71.3 Å². The van der Waals surface area contributed by atoms with E-state index in [-0.39, 0.29) is 30.2 Å². The third-order valence-corrected chi connectivity index (χ3v) is 4.18. The summed E-state index contributed by atoms with van der Waals surface area (Å²) in [5.41, 5.74) is 2.40. The number of carbonyl (C=O) groups excluding carboxylic acids is 2. The van der Waals surface area contributed by atoms with Crippen LogP contribution in [-0.4, -0.2) is 32.1 Å². The van der Waals surface area contributed by atoms with Crippen molar-refractivity contribution in [1.82, 2.24) is 5.32 Å². The number of carbonyl (C=O) groups is 2. The van der Waals surface area contributed by atoms with E-state index in [9.17, 15) is 14.9 Å². The number of rotatable bonds is 9. The summed E-state index contributed by atoms with van der Waals surface area (Å²) in [6.45, 7) is 7.32. The molecule has 0 aromatic heterocycles. The van der Waals surface area contributed by atoms with Gasteiger partial charge in [-0.2, -0.15) is 5.26 Å². The summed E-state index contributed by atoms with van der Waals surface area (Å²) >= 11 is 0. The molecule has 1 amide bonds. The standard InChI is InChI=1S/C24H24N2O5/c1-5-10-26-24(28)19(14-25)12-18-8-9-20(22(13-18)29-4)31-23(27)15-30-21-11-16(2)6-7-17(21)3/h5-9,11-13H,1,10,15H2,2-4H3,(H,26,28)/b19-12+. The van der Waals surface area contributed by atoms with Gasteiger partial charge in [0.05, 0.1) is 7.11 Å². The Hall–Kier alpha value is -4.05. The summed E-state index contributed by atoms with van der Waals surface area (Å²) in [5.74, 6) is -0.0194. The predicted molar refractivity (Wildman–Crippen MR) is 117 cm³/mol. The van der Waals surface area contributed by atoms with Crippen molar-refractivity contribution < 1.29 is 23.8 Å². The fourth-order valence-corrected chi connectivity index (χ4v) is 2.59. The summed E-state index contributed by atoms with van der Waals surface area (Å²) in [6.07, 6.45) is 2.93. The van der Waals surface area contributed by atoms with Crippen LogP contribution in [0, 0.1) is 25.2 Å². The summed E-state index contributed by atoms with van der Waals surface area (Å²) in [4.78, 5) is 24.2. The predicted octanol–water partition coefficient (Wildman–Crippen LogP) is 3.51. The number of benzene rings is 2. The largest absolute Gasteiger partial charge is 0.493 e. The molecule has 2 rings (SSSR count). The van der Waals surface area contributed by atoms with Crippen LogP contribution in [0.1, 0.15) is 16.7 Å². The van der Waals surface area contributed by atoms with E-state index in [0.717, 1.165) is 11.1 Å². The van der Waals surface area contributed by atoms with Crippen LogP contribution in [0.3, 0.4) is 0 Å². The number of nitrogens with one attached hydrogen (secondary N) is 1. The smallest absolute Gasteiger partial charge is 0.349 e. The summed E-state index contributed by atoms with van der Waals surface area (Å²) < 4.78 is 16.2. The molecule has 0 aliphatic carbocycles. The molecule has 0 fully saturated rings. The van der Waals surface area contributed by atoms with Gasteiger partial charge in [0, 0.05) is 6.54 Å². The molecule has 7 nitrogen and oxygen atoms in total. The minimum Gasteiger partial charge on any atom is -0.493 e. The Kier molecular flexibility index (Phi) is 8.41. The van der Waals surface area contributed by atoms with Crippen LogP contribution in [0.15, 0.2) is 54.6 Å². The first kappa shape index (κ1) is 23.2. The number of aryl methyl sites for hydroxylation is 2. The zero-order chi connectivity index (χ0) is 22.8. The molecule has 0 radical (unpaired) electrons. The average Bonchev–Trinajstić information content (AvgIpc) is 2.77. The number of hydrogen-bond acceptors (Lipinski definition) is 6. The fourth-order valence-electron chi connectivity index (χ4n) is 2.59. The highest BCUT2D eigenvalue weighted by Crippen LogP contribution is 2.29. The topological polar surface area (TPSA) is 97.7 Å². The van der Waals surface area contributed by atoms with E-state index in [0.29, 0.717) is 11.3 Å². The molecule has 0 aliphatic heterocycles. The van der Waals surface area contributed by atoms with Gasteiger partial charge in [0.25, 0.3) is 5.91 Å². The van der Waals surface area contributed by atoms with Gasteiger partial charge < -0.3 is 19.5 Å². The highest BCUT2D eigenvalue weighted by Gasteiger charge is 2.13.